The molecule has 3 heterocycles. The average molecular weight is 521 g/mol. The molecule has 1 saturated heterocycles. The monoisotopic (exact) mass is 520 g/mol. The zero-order valence-corrected chi connectivity index (χ0v) is 20.6. The molecule has 1 aliphatic rings. The van der Waals surface area contributed by atoms with Gasteiger partial charge in [0.2, 0.25) is 11.7 Å². The molecular weight excluding hydrogens is 493 g/mol. The van der Waals surface area contributed by atoms with Gasteiger partial charge in [0.25, 0.3) is 5.91 Å². The maximum absolute atomic E-state index is 13.6. The fourth-order valence-electron chi connectivity index (χ4n) is 4.67. The maximum Gasteiger partial charge on any atom is 0.437 e. The number of hydrogen-bond acceptors (Lipinski definition) is 5. The van der Waals surface area contributed by atoms with Gasteiger partial charge in [0.15, 0.2) is 5.69 Å². The molecule has 4 aromatic rings. The van der Waals surface area contributed by atoms with Crippen molar-refractivity contribution in [2.45, 2.75) is 31.9 Å². The van der Waals surface area contributed by atoms with Crippen molar-refractivity contribution in [2.75, 3.05) is 23.3 Å². The van der Waals surface area contributed by atoms with Crippen LogP contribution in [-0.2, 0) is 12.6 Å². The van der Waals surface area contributed by atoms with Crippen LogP contribution in [0.25, 0.3) is 11.5 Å². The molecular formula is C29H27F3N4O2. The van der Waals surface area contributed by atoms with Crippen LogP contribution in [0.4, 0.5) is 24.7 Å². The molecule has 0 saturated carbocycles. The van der Waals surface area contributed by atoms with E-state index in [4.69, 9.17) is 4.42 Å². The lowest BCUT2D eigenvalue weighted by Gasteiger charge is -2.33. The number of carbonyl (C=O) groups excluding carboxylic acids is 1. The van der Waals surface area contributed by atoms with Crippen LogP contribution in [0.3, 0.4) is 0 Å². The molecule has 38 heavy (non-hydrogen) atoms. The molecule has 0 spiro atoms. The largest absolute Gasteiger partial charge is 0.437 e. The Kier molecular flexibility index (Phi) is 7.44. The quantitative estimate of drug-likeness (QED) is 0.288. The second kappa shape index (κ2) is 11.1. The Balaban J connectivity index is 1.20. The van der Waals surface area contributed by atoms with Crippen LogP contribution < -0.4 is 10.2 Å². The van der Waals surface area contributed by atoms with Crippen molar-refractivity contribution in [1.82, 2.24) is 9.97 Å². The van der Waals surface area contributed by atoms with Gasteiger partial charge in [-0.2, -0.15) is 13.2 Å². The lowest BCUT2D eigenvalue weighted by atomic mass is 9.90. The van der Waals surface area contributed by atoms with Crippen molar-refractivity contribution in [1.29, 1.82) is 0 Å². The molecule has 0 unspecified atom stereocenters. The van der Waals surface area contributed by atoms with Gasteiger partial charge >= 0.3 is 6.18 Å². The predicted octanol–water partition coefficient (Wildman–Crippen LogP) is 6.86. The standard InChI is InChI=1S/C29H27F3N4O2/c30-29(31,32)26-25(38-28(35-26)22-9-5-2-6-10-22)27(37)34-23-13-14-24(33-19-23)36-17-15-21(16-18-36)12-11-20-7-3-1-4-8-20/h1-10,13-14,19,21H,11-12,15-18H2,(H,34,37). The fourth-order valence-corrected chi connectivity index (χ4v) is 4.67. The number of aryl methyl sites for hydroxylation is 1. The molecule has 0 bridgehead atoms. The molecule has 0 radical (unpaired) electrons. The SMILES string of the molecule is O=C(Nc1ccc(N2CCC(CCc3ccccc3)CC2)nc1)c1oc(-c2ccccc2)nc1C(F)(F)F. The normalized spacial score (nSPS) is 14.4. The number of piperidine rings is 1. The van der Waals surface area contributed by atoms with E-state index >= 15 is 0 Å². The summed E-state index contributed by atoms with van der Waals surface area (Å²) < 4.78 is 46.0. The van der Waals surface area contributed by atoms with E-state index in [1.165, 1.54) is 11.8 Å². The minimum atomic E-state index is -4.85. The van der Waals surface area contributed by atoms with Gasteiger partial charge in [-0.1, -0.05) is 48.5 Å². The number of amides is 1. The van der Waals surface area contributed by atoms with Gasteiger partial charge in [-0.05, 0) is 61.4 Å². The highest BCUT2D eigenvalue weighted by Gasteiger charge is 2.41. The molecule has 0 aliphatic carbocycles. The summed E-state index contributed by atoms with van der Waals surface area (Å²) in [5.41, 5.74) is 0.598. The Morgan fingerprint density at radius 1 is 0.974 bits per heavy atom. The summed E-state index contributed by atoms with van der Waals surface area (Å²) >= 11 is 0. The van der Waals surface area contributed by atoms with E-state index in [9.17, 15) is 18.0 Å². The van der Waals surface area contributed by atoms with E-state index in [1.54, 1.807) is 42.5 Å². The van der Waals surface area contributed by atoms with Gasteiger partial charge in [0, 0.05) is 18.7 Å². The molecule has 196 valence electrons. The minimum absolute atomic E-state index is 0.266. The topological polar surface area (TPSA) is 71.3 Å². The Morgan fingerprint density at radius 3 is 2.29 bits per heavy atom. The predicted molar refractivity (Wildman–Crippen MR) is 139 cm³/mol. The molecule has 5 rings (SSSR count). The Bertz CT molecular complexity index is 1350. The number of aromatic nitrogens is 2. The highest BCUT2D eigenvalue weighted by Crippen LogP contribution is 2.35. The number of rotatable bonds is 7. The van der Waals surface area contributed by atoms with Gasteiger partial charge in [-0.25, -0.2) is 9.97 Å². The number of benzene rings is 2. The number of halogens is 3. The number of nitrogens with one attached hydrogen (secondary N) is 1. The summed E-state index contributed by atoms with van der Waals surface area (Å²) in [4.78, 5) is 22.9. The second-order valence-corrected chi connectivity index (χ2v) is 9.37. The number of anilines is 2. The molecule has 9 heteroatoms. The first-order valence-corrected chi connectivity index (χ1v) is 12.6. The van der Waals surface area contributed by atoms with Crippen LogP contribution in [0.2, 0.25) is 0 Å². The third-order valence-corrected chi connectivity index (χ3v) is 6.75. The molecule has 0 atom stereocenters. The van der Waals surface area contributed by atoms with Crippen LogP contribution >= 0.6 is 0 Å². The summed E-state index contributed by atoms with van der Waals surface area (Å²) in [5, 5.41) is 2.45. The third-order valence-electron chi connectivity index (χ3n) is 6.75. The van der Waals surface area contributed by atoms with Gasteiger partial charge in [-0.3, -0.25) is 4.79 Å². The fraction of sp³-hybridized carbons (Fsp3) is 0.276. The van der Waals surface area contributed by atoms with Gasteiger partial charge in [0.05, 0.1) is 11.9 Å². The van der Waals surface area contributed by atoms with Crippen molar-refractivity contribution in [3.05, 3.63) is 96.0 Å². The first-order chi connectivity index (χ1) is 18.4. The van der Waals surface area contributed by atoms with E-state index in [0.717, 1.165) is 44.6 Å². The summed E-state index contributed by atoms with van der Waals surface area (Å²) in [6, 6.07) is 22.0. The first-order valence-electron chi connectivity index (χ1n) is 12.6. The number of alkyl halides is 3. The average Bonchev–Trinajstić information content (AvgIpc) is 3.41. The molecule has 2 aromatic heterocycles. The number of hydrogen-bond donors (Lipinski definition) is 1. The summed E-state index contributed by atoms with van der Waals surface area (Å²) in [6.45, 7) is 1.76. The van der Waals surface area contributed by atoms with Gasteiger partial charge in [0.1, 0.15) is 5.82 Å². The minimum Gasteiger partial charge on any atom is -0.430 e. The van der Waals surface area contributed by atoms with Crippen molar-refractivity contribution in [3.8, 4) is 11.5 Å². The Morgan fingerprint density at radius 2 is 1.66 bits per heavy atom. The van der Waals surface area contributed by atoms with Crippen LogP contribution in [0.5, 0.6) is 0 Å². The van der Waals surface area contributed by atoms with Gasteiger partial charge < -0.3 is 14.6 Å². The van der Waals surface area contributed by atoms with E-state index in [1.807, 2.05) is 6.07 Å². The zero-order chi connectivity index (χ0) is 26.5. The maximum atomic E-state index is 13.6. The van der Waals surface area contributed by atoms with Crippen LogP contribution in [0.15, 0.2) is 83.4 Å². The van der Waals surface area contributed by atoms with Crippen LogP contribution in [0, 0.1) is 5.92 Å². The third kappa shape index (κ3) is 6.04. The number of pyridine rings is 1. The highest BCUT2D eigenvalue weighted by molar-refractivity contribution is 6.03. The molecule has 6 nitrogen and oxygen atoms in total. The Labute approximate surface area is 218 Å². The highest BCUT2D eigenvalue weighted by atomic mass is 19.4. The van der Waals surface area contributed by atoms with Gasteiger partial charge in [-0.15, -0.1) is 0 Å². The molecule has 2 aromatic carbocycles. The van der Waals surface area contributed by atoms with E-state index < -0.39 is 23.5 Å². The first kappa shape index (κ1) is 25.5. The molecule has 1 N–H and O–H groups in total. The second-order valence-electron chi connectivity index (χ2n) is 9.37. The summed E-state index contributed by atoms with van der Waals surface area (Å²) in [7, 11) is 0. The van der Waals surface area contributed by atoms with Crippen molar-refractivity contribution >= 4 is 17.4 Å². The Hall–Kier alpha value is -4.14. The van der Waals surface area contributed by atoms with Crippen LogP contribution in [0.1, 0.15) is 41.1 Å². The molecule has 1 amide bonds. The lowest BCUT2D eigenvalue weighted by molar-refractivity contribution is -0.141. The summed E-state index contributed by atoms with van der Waals surface area (Å²) in [5.74, 6) is -0.774. The molecule has 1 fully saturated rings. The smallest absolute Gasteiger partial charge is 0.430 e. The van der Waals surface area contributed by atoms with E-state index in [-0.39, 0.29) is 11.6 Å². The van der Waals surface area contributed by atoms with Crippen molar-refractivity contribution < 1.29 is 22.4 Å². The summed E-state index contributed by atoms with van der Waals surface area (Å²) in [6.07, 6.45) is 0.968. The van der Waals surface area contributed by atoms with Crippen molar-refractivity contribution in [2.24, 2.45) is 5.92 Å². The van der Waals surface area contributed by atoms with Crippen molar-refractivity contribution in [3.63, 3.8) is 0 Å². The number of carbonyl (C=O) groups is 1. The van der Waals surface area contributed by atoms with E-state index in [2.05, 4.69) is 44.5 Å². The number of oxazole rings is 1. The number of nitrogens with zero attached hydrogens (tertiary/aromatic N) is 3. The lowest BCUT2D eigenvalue weighted by Crippen LogP contribution is -2.34. The van der Waals surface area contributed by atoms with E-state index in [0.29, 0.717) is 11.5 Å². The zero-order valence-electron chi connectivity index (χ0n) is 20.6. The van der Waals surface area contributed by atoms with Crippen LogP contribution in [-0.4, -0.2) is 29.0 Å². The molecule has 1 aliphatic heterocycles.